The van der Waals surface area contributed by atoms with Crippen LogP contribution in [0.5, 0.6) is 5.75 Å². The number of aryl methyl sites for hydroxylation is 1. The third kappa shape index (κ3) is 5.04. The van der Waals surface area contributed by atoms with Crippen LogP contribution in [0.2, 0.25) is 0 Å². The molecule has 4 rings (SSSR count). The van der Waals surface area contributed by atoms with Gasteiger partial charge in [-0.05, 0) is 74.5 Å². The summed E-state index contributed by atoms with van der Waals surface area (Å²) in [6, 6.07) is 14.0. The van der Waals surface area contributed by atoms with E-state index in [0.29, 0.717) is 18.3 Å². The molecule has 170 valence electrons. The van der Waals surface area contributed by atoms with Crippen molar-refractivity contribution in [1.29, 1.82) is 0 Å². The van der Waals surface area contributed by atoms with E-state index in [9.17, 15) is 4.79 Å². The molecular weight excluding hydrogens is 398 g/mol. The lowest BCUT2D eigenvalue weighted by Crippen LogP contribution is -2.35. The fourth-order valence-electron chi connectivity index (χ4n) is 4.72. The van der Waals surface area contributed by atoms with Crippen LogP contribution < -0.4 is 15.6 Å². The molecule has 1 aliphatic rings. The van der Waals surface area contributed by atoms with E-state index in [0.717, 1.165) is 61.0 Å². The highest BCUT2D eigenvalue weighted by Crippen LogP contribution is 2.29. The Balaban J connectivity index is 1.78. The molecule has 2 heterocycles. The average molecular weight is 434 g/mol. The smallest absolute Gasteiger partial charge is 0.261 e. The minimum atomic E-state index is 0.0527. The van der Waals surface area contributed by atoms with E-state index in [4.69, 9.17) is 9.72 Å². The first-order chi connectivity index (χ1) is 15.7. The molecular formula is C27H35N3O2. The Labute approximate surface area is 190 Å². The standard InChI is InChI=1S/C27H35N3O2/c1-3-4-5-6-10-20-14-15-24-23(17-20)27(31)30(19-21-11-9-16-28-18-21)26(29-24)22-12-7-8-13-25(22)32-2/h7-8,12-15,17,21,28H,3-6,9-11,16,18-19H2,1-2H3. The average Bonchev–Trinajstić information content (AvgIpc) is 2.84. The van der Waals surface area contributed by atoms with Crippen molar-refractivity contribution in [1.82, 2.24) is 14.9 Å². The first kappa shape index (κ1) is 22.5. The summed E-state index contributed by atoms with van der Waals surface area (Å²) in [7, 11) is 1.66. The van der Waals surface area contributed by atoms with Crippen LogP contribution in [0.3, 0.4) is 0 Å². The van der Waals surface area contributed by atoms with Crippen molar-refractivity contribution in [2.75, 3.05) is 20.2 Å². The number of piperidine rings is 1. The molecule has 1 saturated heterocycles. The molecule has 0 saturated carbocycles. The van der Waals surface area contributed by atoms with Gasteiger partial charge in [-0.25, -0.2) is 4.98 Å². The number of benzene rings is 2. The lowest BCUT2D eigenvalue weighted by atomic mass is 9.99. The van der Waals surface area contributed by atoms with Gasteiger partial charge in [0.2, 0.25) is 0 Å². The number of nitrogens with zero attached hydrogens (tertiary/aromatic N) is 2. The summed E-state index contributed by atoms with van der Waals surface area (Å²) in [5.74, 6) is 1.86. The Morgan fingerprint density at radius 3 is 2.81 bits per heavy atom. The first-order valence-electron chi connectivity index (χ1n) is 12.1. The second kappa shape index (κ2) is 10.8. The van der Waals surface area contributed by atoms with Crippen molar-refractivity contribution in [3.63, 3.8) is 0 Å². The van der Waals surface area contributed by atoms with E-state index in [2.05, 4.69) is 24.4 Å². The monoisotopic (exact) mass is 433 g/mol. The van der Waals surface area contributed by atoms with Gasteiger partial charge in [-0.1, -0.05) is 44.4 Å². The van der Waals surface area contributed by atoms with E-state index in [1.165, 1.54) is 24.8 Å². The van der Waals surface area contributed by atoms with E-state index in [1.54, 1.807) is 7.11 Å². The molecule has 1 atom stereocenters. The second-order valence-corrected chi connectivity index (χ2v) is 8.93. The van der Waals surface area contributed by atoms with Crippen LogP contribution in [0.15, 0.2) is 47.3 Å². The lowest BCUT2D eigenvalue weighted by Gasteiger charge is -2.25. The zero-order valence-electron chi connectivity index (χ0n) is 19.4. The molecule has 0 radical (unpaired) electrons. The normalized spacial score (nSPS) is 16.4. The van der Waals surface area contributed by atoms with Crippen LogP contribution in [0, 0.1) is 5.92 Å². The van der Waals surface area contributed by atoms with Gasteiger partial charge in [0.1, 0.15) is 11.6 Å². The molecule has 0 spiro atoms. The summed E-state index contributed by atoms with van der Waals surface area (Å²) in [5, 5.41) is 4.20. The van der Waals surface area contributed by atoms with Gasteiger partial charge in [0.15, 0.2) is 0 Å². The number of aromatic nitrogens is 2. The number of unbranched alkanes of at least 4 members (excludes halogenated alkanes) is 3. The number of para-hydroxylation sites is 1. The van der Waals surface area contributed by atoms with Crippen LogP contribution >= 0.6 is 0 Å². The highest BCUT2D eigenvalue weighted by atomic mass is 16.5. The number of rotatable bonds is 9. The Morgan fingerprint density at radius 1 is 1.16 bits per heavy atom. The molecule has 32 heavy (non-hydrogen) atoms. The molecule has 3 aromatic rings. The Hall–Kier alpha value is -2.66. The quantitative estimate of drug-likeness (QED) is 0.472. The van der Waals surface area contributed by atoms with Crippen LogP contribution in [0.1, 0.15) is 51.0 Å². The zero-order chi connectivity index (χ0) is 22.3. The Bertz CT molecular complexity index is 1100. The predicted octanol–water partition coefficient (Wildman–Crippen LogP) is 5.19. The summed E-state index contributed by atoms with van der Waals surface area (Å²) in [5.41, 5.74) is 2.90. The molecule has 2 aromatic carbocycles. The molecule has 0 aliphatic carbocycles. The van der Waals surface area contributed by atoms with Crippen LogP contribution in [0.4, 0.5) is 0 Å². The highest BCUT2D eigenvalue weighted by Gasteiger charge is 2.20. The first-order valence-corrected chi connectivity index (χ1v) is 12.1. The SMILES string of the molecule is CCCCCCc1ccc2nc(-c3ccccc3OC)n(CC3CCCNC3)c(=O)c2c1. The van der Waals surface area contributed by atoms with Gasteiger partial charge in [-0.2, -0.15) is 0 Å². The number of hydrogen-bond donors (Lipinski definition) is 1. The highest BCUT2D eigenvalue weighted by molar-refractivity contribution is 5.81. The van der Waals surface area contributed by atoms with E-state index < -0.39 is 0 Å². The van der Waals surface area contributed by atoms with Gasteiger partial charge < -0.3 is 10.1 Å². The van der Waals surface area contributed by atoms with Crippen molar-refractivity contribution in [3.05, 3.63) is 58.4 Å². The predicted molar refractivity (Wildman–Crippen MR) is 131 cm³/mol. The summed E-state index contributed by atoms with van der Waals surface area (Å²) < 4.78 is 7.50. The largest absolute Gasteiger partial charge is 0.496 e. The summed E-state index contributed by atoms with van der Waals surface area (Å²) >= 11 is 0. The van der Waals surface area contributed by atoms with Gasteiger partial charge in [-0.15, -0.1) is 0 Å². The topological polar surface area (TPSA) is 56.1 Å². The van der Waals surface area contributed by atoms with Crippen molar-refractivity contribution in [2.24, 2.45) is 5.92 Å². The zero-order valence-corrected chi connectivity index (χ0v) is 19.4. The summed E-state index contributed by atoms with van der Waals surface area (Å²) in [6.45, 7) is 4.89. The van der Waals surface area contributed by atoms with Gasteiger partial charge in [-0.3, -0.25) is 9.36 Å². The van der Waals surface area contributed by atoms with Gasteiger partial charge in [0, 0.05) is 6.54 Å². The van der Waals surface area contributed by atoms with Crippen molar-refractivity contribution < 1.29 is 4.74 Å². The number of nitrogens with one attached hydrogen (secondary N) is 1. The Morgan fingerprint density at radius 2 is 2.03 bits per heavy atom. The van der Waals surface area contributed by atoms with Gasteiger partial charge >= 0.3 is 0 Å². The fraction of sp³-hybridized carbons (Fsp3) is 0.481. The number of hydrogen-bond acceptors (Lipinski definition) is 4. The molecule has 0 bridgehead atoms. The lowest BCUT2D eigenvalue weighted by molar-refractivity contribution is 0.334. The van der Waals surface area contributed by atoms with Gasteiger partial charge in [0.05, 0.1) is 23.6 Å². The third-order valence-electron chi connectivity index (χ3n) is 6.53. The molecule has 1 unspecified atom stereocenters. The summed E-state index contributed by atoms with van der Waals surface area (Å²) in [6.07, 6.45) is 8.17. The van der Waals surface area contributed by atoms with E-state index in [-0.39, 0.29) is 5.56 Å². The Kier molecular flexibility index (Phi) is 7.59. The van der Waals surface area contributed by atoms with Crippen LogP contribution in [0.25, 0.3) is 22.3 Å². The summed E-state index contributed by atoms with van der Waals surface area (Å²) in [4.78, 5) is 18.8. The van der Waals surface area contributed by atoms with Crippen molar-refractivity contribution >= 4 is 10.9 Å². The van der Waals surface area contributed by atoms with Crippen LogP contribution in [-0.2, 0) is 13.0 Å². The number of methoxy groups -OCH3 is 1. The fourth-order valence-corrected chi connectivity index (χ4v) is 4.72. The maximum atomic E-state index is 13.8. The maximum Gasteiger partial charge on any atom is 0.261 e. The molecule has 5 nitrogen and oxygen atoms in total. The maximum absolute atomic E-state index is 13.8. The molecule has 0 amide bonds. The minimum Gasteiger partial charge on any atom is -0.496 e. The number of fused-ring (bicyclic) bond motifs is 1. The van der Waals surface area contributed by atoms with E-state index in [1.807, 2.05) is 34.9 Å². The van der Waals surface area contributed by atoms with Crippen LogP contribution in [-0.4, -0.2) is 29.8 Å². The second-order valence-electron chi connectivity index (χ2n) is 8.93. The molecule has 1 fully saturated rings. The number of ether oxygens (including phenoxy) is 1. The molecule has 1 aliphatic heterocycles. The minimum absolute atomic E-state index is 0.0527. The third-order valence-corrected chi connectivity index (χ3v) is 6.53. The van der Waals surface area contributed by atoms with E-state index >= 15 is 0 Å². The molecule has 1 aromatic heterocycles. The van der Waals surface area contributed by atoms with Gasteiger partial charge in [0.25, 0.3) is 5.56 Å². The van der Waals surface area contributed by atoms with Crippen molar-refractivity contribution in [2.45, 2.75) is 58.4 Å². The molecule has 5 heteroatoms. The molecule has 1 N–H and O–H groups in total. The van der Waals surface area contributed by atoms with Crippen molar-refractivity contribution in [3.8, 4) is 17.1 Å².